The van der Waals surface area contributed by atoms with Gasteiger partial charge in [0.1, 0.15) is 11.6 Å². The first-order chi connectivity index (χ1) is 19.5. The van der Waals surface area contributed by atoms with Crippen molar-refractivity contribution in [1.82, 2.24) is 14.3 Å². The van der Waals surface area contributed by atoms with Gasteiger partial charge in [0.15, 0.2) is 0 Å². The van der Waals surface area contributed by atoms with Crippen molar-refractivity contribution in [2.75, 3.05) is 6.61 Å². The number of ether oxygens (including phenoxy) is 1. The minimum atomic E-state index is -4.46. The topological polar surface area (TPSA) is 86.4 Å². The Morgan fingerprint density at radius 1 is 1.00 bits per heavy atom. The SMILES string of the molecule is CCOc1ccc(-c2cccc(CCCc3nn(-c4ccc(C(F)(F)F)cc4)c(=O)n3C(C)C)c2)cc1CC(=O)O. The highest BCUT2D eigenvalue weighted by Crippen LogP contribution is 2.30. The number of carboxylic acid groups (broad SMARTS) is 1. The van der Waals surface area contributed by atoms with E-state index in [-0.39, 0.29) is 18.2 Å². The van der Waals surface area contributed by atoms with Crippen LogP contribution in [0.15, 0.2) is 71.5 Å². The van der Waals surface area contributed by atoms with Crippen molar-refractivity contribution in [2.45, 2.75) is 58.7 Å². The van der Waals surface area contributed by atoms with Crippen LogP contribution in [0.2, 0.25) is 0 Å². The summed E-state index contributed by atoms with van der Waals surface area (Å²) in [4.78, 5) is 24.5. The quantitative estimate of drug-likeness (QED) is 0.224. The third-order valence-electron chi connectivity index (χ3n) is 6.66. The molecule has 0 saturated heterocycles. The maximum atomic E-state index is 13.1. The molecule has 0 bridgehead atoms. The average molecular weight is 568 g/mol. The van der Waals surface area contributed by atoms with Crippen molar-refractivity contribution in [1.29, 1.82) is 0 Å². The van der Waals surface area contributed by atoms with E-state index in [1.54, 1.807) is 10.6 Å². The Morgan fingerprint density at radius 3 is 2.34 bits per heavy atom. The van der Waals surface area contributed by atoms with Crippen LogP contribution in [0.25, 0.3) is 16.8 Å². The van der Waals surface area contributed by atoms with Crippen LogP contribution in [-0.2, 0) is 30.2 Å². The number of hydrogen-bond acceptors (Lipinski definition) is 4. The zero-order valence-corrected chi connectivity index (χ0v) is 23.1. The first kappa shape index (κ1) is 29.6. The second-order valence-electron chi connectivity index (χ2n) is 10.00. The minimum absolute atomic E-state index is 0.139. The van der Waals surface area contributed by atoms with E-state index >= 15 is 0 Å². The van der Waals surface area contributed by atoms with Crippen LogP contribution in [0.1, 0.15) is 55.7 Å². The molecule has 10 heteroatoms. The maximum absolute atomic E-state index is 13.1. The first-order valence-corrected chi connectivity index (χ1v) is 13.4. The Labute approximate surface area is 235 Å². The molecule has 4 rings (SSSR count). The van der Waals surface area contributed by atoms with Crippen LogP contribution in [0, 0.1) is 0 Å². The predicted molar refractivity (Wildman–Crippen MR) is 150 cm³/mol. The summed E-state index contributed by atoms with van der Waals surface area (Å²) in [6.07, 6.45) is -2.72. The Kier molecular flexibility index (Phi) is 9.00. The van der Waals surface area contributed by atoms with Gasteiger partial charge in [0.05, 0.1) is 24.3 Å². The fourth-order valence-electron chi connectivity index (χ4n) is 4.78. The molecule has 0 atom stereocenters. The second-order valence-corrected chi connectivity index (χ2v) is 10.00. The molecule has 1 heterocycles. The van der Waals surface area contributed by atoms with Gasteiger partial charge in [-0.05, 0) is 86.7 Å². The molecule has 0 saturated carbocycles. The molecular weight excluding hydrogens is 535 g/mol. The highest BCUT2D eigenvalue weighted by Gasteiger charge is 2.30. The van der Waals surface area contributed by atoms with Crippen LogP contribution in [0.3, 0.4) is 0 Å². The lowest BCUT2D eigenvalue weighted by molar-refractivity contribution is -0.138. The first-order valence-electron chi connectivity index (χ1n) is 13.4. The number of nitrogens with zero attached hydrogens (tertiary/aromatic N) is 3. The van der Waals surface area contributed by atoms with Crippen molar-refractivity contribution in [2.24, 2.45) is 0 Å². The Hall–Kier alpha value is -4.34. The fourth-order valence-corrected chi connectivity index (χ4v) is 4.78. The zero-order chi connectivity index (χ0) is 29.7. The number of aryl methyl sites for hydroxylation is 2. The van der Waals surface area contributed by atoms with Crippen LogP contribution < -0.4 is 10.4 Å². The third kappa shape index (κ3) is 7.06. The summed E-state index contributed by atoms with van der Waals surface area (Å²) in [5.41, 5.74) is 2.59. The molecule has 0 aliphatic carbocycles. The summed E-state index contributed by atoms with van der Waals surface area (Å²) < 4.78 is 47.2. The van der Waals surface area contributed by atoms with Gasteiger partial charge in [-0.2, -0.15) is 17.9 Å². The third-order valence-corrected chi connectivity index (χ3v) is 6.66. The molecular formula is C31H32F3N3O4. The van der Waals surface area contributed by atoms with Crippen LogP contribution >= 0.6 is 0 Å². The van der Waals surface area contributed by atoms with Crippen molar-refractivity contribution >= 4 is 5.97 Å². The Balaban J connectivity index is 1.52. The molecule has 1 N–H and O–H groups in total. The van der Waals surface area contributed by atoms with Gasteiger partial charge in [0, 0.05) is 18.0 Å². The standard InChI is InChI=1S/C31H32F3N3O4/c1-4-41-27-16-11-23(18-24(27)19-29(38)39)22-9-5-7-21(17-22)8-6-10-28-35-37(30(40)36(28)20(2)3)26-14-12-25(13-15-26)31(32,33)34/h5,7,9,11-18,20H,4,6,8,10,19H2,1-3H3,(H,38,39). The number of carboxylic acids is 1. The zero-order valence-electron chi connectivity index (χ0n) is 23.1. The van der Waals surface area contributed by atoms with E-state index < -0.39 is 23.4 Å². The molecule has 0 fully saturated rings. The number of rotatable bonds is 11. The van der Waals surface area contributed by atoms with E-state index in [1.165, 1.54) is 12.1 Å². The van der Waals surface area contributed by atoms with Crippen molar-refractivity contribution in [3.05, 3.63) is 99.7 Å². The van der Waals surface area contributed by atoms with Gasteiger partial charge in [0.25, 0.3) is 0 Å². The van der Waals surface area contributed by atoms with Crippen LogP contribution in [0.5, 0.6) is 5.75 Å². The van der Waals surface area contributed by atoms with E-state index in [0.29, 0.717) is 43.0 Å². The number of benzene rings is 3. The molecule has 0 radical (unpaired) electrons. The molecule has 0 aliphatic rings. The predicted octanol–water partition coefficient (Wildman–Crippen LogP) is 6.50. The number of alkyl halides is 3. The molecule has 41 heavy (non-hydrogen) atoms. The van der Waals surface area contributed by atoms with E-state index in [4.69, 9.17) is 4.74 Å². The average Bonchev–Trinajstić information content (AvgIpc) is 3.25. The van der Waals surface area contributed by atoms with Crippen LogP contribution in [0.4, 0.5) is 13.2 Å². The number of halogens is 3. The molecule has 0 spiro atoms. The van der Waals surface area contributed by atoms with Gasteiger partial charge >= 0.3 is 17.8 Å². The van der Waals surface area contributed by atoms with Crippen molar-refractivity contribution < 1.29 is 27.8 Å². The Bertz CT molecular complexity index is 1570. The number of hydrogen-bond donors (Lipinski definition) is 1. The molecule has 0 unspecified atom stereocenters. The molecule has 4 aromatic rings. The van der Waals surface area contributed by atoms with Gasteiger partial charge in [0.2, 0.25) is 0 Å². The van der Waals surface area contributed by atoms with Gasteiger partial charge < -0.3 is 9.84 Å². The summed E-state index contributed by atoms with van der Waals surface area (Å²) >= 11 is 0. The molecule has 216 valence electrons. The molecule has 0 aliphatic heterocycles. The summed E-state index contributed by atoms with van der Waals surface area (Å²) in [7, 11) is 0. The van der Waals surface area contributed by atoms with Crippen molar-refractivity contribution in [3.63, 3.8) is 0 Å². The van der Waals surface area contributed by atoms with Gasteiger partial charge in [-0.3, -0.25) is 9.36 Å². The van der Waals surface area contributed by atoms with Gasteiger partial charge in [-0.1, -0.05) is 30.3 Å². The smallest absolute Gasteiger partial charge is 0.416 e. The molecule has 1 aromatic heterocycles. The van der Waals surface area contributed by atoms with E-state index in [2.05, 4.69) is 11.2 Å². The fraction of sp³-hybridized carbons (Fsp3) is 0.323. The van der Waals surface area contributed by atoms with Gasteiger partial charge in [-0.25, -0.2) is 4.79 Å². The maximum Gasteiger partial charge on any atom is 0.416 e. The van der Waals surface area contributed by atoms with E-state index in [0.717, 1.165) is 33.5 Å². The largest absolute Gasteiger partial charge is 0.494 e. The monoisotopic (exact) mass is 567 g/mol. The number of aromatic nitrogens is 3. The van der Waals surface area contributed by atoms with Crippen LogP contribution in [-0.4, -0.2) is 32.0 Å². The number of aliphatic carboxylic acids is 1. The molecule has 7 nitrogen and oxygen atoms in total. The van der Waals surface area contributed by atoms with E-state index in [1.807, 2.05) is 51.1 Å². The van der Waals surface area contributed by atoms with Crippen molar-refractivity contribution in [3.8, 4) is 22.6 Å². The summed E-state index contributed by atoms with van der Waals surface area (Å²) in [5, 5.41) is 13.8. The molecule has 0 amide bonds. The van der Waals surface area contributed by atoms with E-state index in [9.17, 15) is 27.9 Å². The Morgan fingerprint density at radius 2 is 1.71 bits per heavy atom. The lowest BCUT2D eigenvalue weighted by Crippen LogP contribution is -2.26. The summed E-state index contributed by atoms with van der Waals surface area (Å²) in [5.74, 6) is 0.185. The lowest BCUT2D eigenvalue weighted by atomic mass is 9.98. The normalized spacial score (nSPS) is 11.7. The number of carbonyl (C=O) groups is 1. The minimum Gasteiger partial charge on any atom is -0.494 e. The molecule has 3 aromatic carbocycles. The van der Waals surface area contributed by atoms with Gasteiger partial charge in [-0.15, -0.1) is 5.10 Å². The lowest BCUT2D eigenvalue weighted by Gasteiger charge is -2.12. The highest BCUT2D eigenvalue weighted by molar-refractivity contribution is 5.74. The summed E-state index contributed by atoms with van der Waals surface area (Å²) in [6.45, 7) is 6.02. The summed E-state index contributed by atoms with van der Waals surface area (Å²) in [6, 6.07) is 17.7. The second kappa shape index (κ2) is 12.4. The highest BCUT2D eigenvalue weighted by atomic mass is 19.4.